The smallest absolute Gasteiger partial charge is 0.125 e. The summed E-state index contributed by atoms with van der Waals surface area (Å²) in [6, 6.07) is 2.79. The molecule has 0 bridgehead atoms. The van der Waals surface area contributed by atoms with Gasteiger partial charge in [-0.15, -0.1) is 0 Å². The number of rotatable bonds is 4. The van der Waals surface area contributed by atoms with Crippen LogP contribution < -0.4 is 14.8 Å². The van der Waals surface area contributed by atoms with Crippen LogP contribution in [0.1, 0.15) is 42.4 Å². The van der Waals surface area contributed by atoms with E-state index < -0.39 is 0 Å². The van der Waals surface area contributed by atoms with Gasteiger partial charge in [-0.2, -0.15) is 0 Å². The molecule has 1 heterocycles. The lowest BCUT2D eigenvalue weighted by atomic mass is 9.94. The number of fused-ring (bicyclic) bond motifs is 1. The van der Waals surface area contributed by atoms with Gasteiger partial charge in [-0.1, -0.05) is 6.42 Å². The van der Waals surface area contributed by atoms with E-state index in [4.69, 9.17) is 9.47 Å². The van der Waals surface area contributed by atoms with E-state index in [0.29, 0.717) is 6.04 Å². The Hall–Kier alpha value is -1.22. The Morgan fingerprint density at radius 2 is 1.95 bits per heavy atom. The van der Waals surface area contributed by atoms with Gasteiger partial charge < -0.3 is 14.8 Å². The summed E-state index contributed by atoms with van der Waals surface area (Å²) in [4.78, 5) is 0. The summed E-state index contributed by atoms with van der Waals surface area (Å²) in [6.07, 6.45) is 8.42. The Labute approximate surface area is 121 Å². The zero-order valence-corrected chi connectivity index (χ0v) is 12.6. The number of hydrogen-bond donors (Lipinski definition) is 1. The van der Waals surface area contributed by atoms with Crippen LogP contribution in [0.5, 0.6) is 11.5 Å². The first-order valence-electron chi connectivity index (χ1n) is 7.82. The minimum atomic E-state index is 0.585. The predicted octanol–water partition coefficient (Wildman–Crippen LogP) is 2.88. The highest BCUT2D eigenvalue weighted by molar-refractivity contribution is 5.56. The maximum absolute atomic E-state index is 5.75. The predicted molar refractivity (Wildman–Crippen MR) is 80.9 cm³/mol. The normalized spacial score (nSPS) is 21.6. The molecule has 2 aliphatic rings. The average molecular weight is 275 g/mol. The SMILES string of the molecule is COc1cc(CC2CCCCN2)c(OC)c2c1CCC2. The Kier molecular flexibility index (Phi) is 4.16. The molecule has 0 amide bonds. The number of methoxy groups -OCH3 is 2. The van der Waals surface area contributed by atoms with Gasteiger partial charge in [-0.25, -0.2) is 0 Å². The second kappa shape index (κ2) is 6.04. The summed E-state index contributed by atoms with van der Waals surface area (Å²) in [6.45, 7) is 1.15. The largest absolute Gasteiger partial charge is 0.496 e. The van der Waals surface area contributed by atoms with Gasteiger partial charge in [-0.3, -0.25) is 0 Å². The Balaban J connectivity index is 1.92. The van der Waals surface area contributed by atoms with E-state index in [9.17, 15) is 0 Å². The molecule has 0 saturated carbocycles. The molecule has 1 saturated heterocycles. The Morgan fingerprint density at radius 1 is 1.10 bits per heavy atom. The van der Waals surface area contributed by atoms with E-state index in [0.717, 1.165) is 37.3 Å². The van der Waals surface area contributed by atoms with E-state index in [2.05, 4.69) is 11.4 Å². The summed E-state index contributed by atoms with van der Waals surface area (Å²) >= 11 is 0. The first kappa shape index (κ1) is 13.7. The fraction of sp³-hybridized carbons (Fsp3) is 0.647. The molecule has 1 aromatic carbocycles. The lowest BCUT2D eigenvalue weighted by molar-refractivity contribution is 0.374. The first-order chi connectivity index (χ1) is 9.83. The van der Waals surface area contributed by atoms with Gasteiger partial charge in [0.25, 0.3) is 0 Å². The first-order valence-corrected chi connectivity index (χ1v) is 7.82. The van der Waals surface area contributed by atoms with E-state index in [-0.39, 0.29) is 0 Å². The van der Waals surface area contributed by atoms with E-state index in [1.165, 1.54) is 42.4 Å². The molecule has 20 heavy (non-hydrogen) atoms. The van der Waals surface area contributed by atoms with Crippen molar-refractivity contribution in [1.82, 2.24) is 5.32 Å². The molecule has 1 N–H and O–H groups in total. The van der Waals surface area contributed by atoms with Crippen molar-refractivity contribution in [1.29, 1.82) is 0 Å². The minimum Gasteiger partial charge on any atom is -0.496 e. The van der Waals surface area contributed by atoms with Crippen molar-refractivity contribution in [2.45, 2.75) is 51.0 Å². The van der Waals surface area contributed by atoms with Crippen LogP contribution >= 0.6 is 0 Å². The highest BCUT2D eigenvalue weighted by Gasteiger charge is 2.25. The summed E-state index contributed by atoms with van der Waals surface area (Å²) < 4.78 is 11.4. The molecule has 1 aromatic rings. The van der Waals surface area contributed by atoms with Crippen LogP contribution in [-0.2, 0) is 19.3 Å². The van der Waals surface area contributed by atoms with Crippen molar-refractivity contribution in [3.05, 3.63) is 22.8 Å². The summed E-state index contributed by atoms with van der Waals surface area (Å²) in [7, 11) is 3.58. The molecule has 0 spiro atoms. The van der Waals surface area contributed by atoms with Gasteiger partial charge >= 0.3 is 0 Å². The lowest BCUT2D eigenvalue weighted by Gasteiger charge is -2.25. The zero-order chi connectivity index (χ0) is 13.9. The topological polar surface area (TPSA) is 30.5 Å². The molecule has 0 aromatic heterocycles. The van der Waals surface area contributed by atoms with Crippen LogP contribution in [0.15, 0.2) is 6.07 Å². The summed E-state index contributed by atoms with van der Waals surface area (Å²) in [5, 5.41) is 3.63. The van der Waals surface area contributed by atoms with Crippen LogP contribution in [0.3, 0.4) is 0 Å². The third-order valence-electron chi connectivity index (χ3n) is 4.69. The van der Waals surface area contributed by atoms with Crippen LogP contribution in [0.25, 0.3) is 0 Å². The number of benzene rings is 1. The highest BCUT2D eigenvalue weighted by Crippen LogP contribution is 2.40. The molecule has 1 fully saturated rings. The van der Waals surface area contributed by atoms with Crippen LogP contribution in [-0.4, -0.2) is 26.8 Å². The fourth-order valence-corrected chi connectivity index (χ4v) is 3.72. The molecular formula is C17H25NO2. The Bertz CT molecular complexity index is 478. The van der Waals surface area contributed by atoms with Crippen molar-refractivity contribution in [2.75, 3.05) is 20.8 Å². The van der Waals surface area contributed by atoms with Crippen LogP contribution in [0, 0.1) is 0 Å². The third kappa shape index (κ3) is 2.51. The van der Waals surface area contributed by atoms with Crippen molar-refractivity contribution in [3.8, 4) is 11.5 Å². The molecule has 3 rings (SSSR count). The Morgan fingerprint density at radius 3 is 2.65 bits per heavy atom. The van der Waals surface area contributed by atoms with Crippen molar-refractivity contribution in [2.24, 2.45) is 0 Å². The van der Waals surface area contributed by atoms with Crippen LogP contribution in [0.4, 0.5) is 0 Å². The fourth-order valence-electron chi connectivity index (χ4n) is 3.72. The maximum atomic E-state index is 5.75. The van der Waals surface area contributed by atoms with Crippen molar-refractivity contribution < 1.29 is 9.47 Å². The lowest BCUT2D eigenvalue weighted by Crippen LogP contribution is -2.35. The van der Waals surface area contributed by atoms with Gasteiger partial charge in [0.1, 0.15) is 11.5 Å². The van der Waals surface area contributed by atoms with Gasteiger partial charge in [0.05, 0.1) is 14.2 Å². The maximum Gasteiger partial charge on any atom is 0.125 e. The van der Waals surface area contributed by atoms with Crippen molar-refractivity contribution in [3.63, 3.8) is 0 Å². The molecule has 3 heteroatoms. The molecule has 3 nitrogen and oxygen atoms in total. The molecule has 1 aliphatic heterocycles. The number of piperidine rings is 1. The van der Waals surface area contributed by atoms with Crippen LogP contribution in [0.2, 0.25) is 0 Å². The minimum absolute atomic E-state index is 0.585. The quantitative estimate of drug-likeness (QED) is 0.916. The molecule has 1 unspecified atom stereocenters. The second-order valence-electron chi connectivity index (χ2n) is 5.93. The van der Waals surface area contributed by atoms with E-state index in [1.54, 1.807) is 14.2 Å². The highest BCUT2D eigenvalue weighted by atomic mass is 16.5. The third-order valence-corrected chi connectivity index (χ3v) is 4.69. The molecule has 110 valence electrons. The monoisotopic (exact) mass is 275 g/mol. The zero-order valence-electron chi connectivity index (χ0n) is 12.6. The van der Waals surface area contributed by atoms with Gasteiger partial charge in [0, 0.05) is 17.2 Å². The standard InChI is InChI=1S/C17H25NO2/c1-19-16-11-12(10-13-6-3-4-9-18-13)17(20-2)15-8-5-7-14(15)16/h11,13,18H,3-10H2,1-2H3. The van der Waals surface area contributed by atoms with Crippen molar-refractivity contribution >= 4 is 0 Å². The molecule has 1 aliphatic carbocycles. The number of hydrogen-bond acceptors (Lipinski definition) is 3. The average Bonchev–Trinajstić information content (AvgIpc) is 2.97. The van der Waals surface area contributed by atoms with E-state index >= 15 is 0 Å². The van der Waals surface area contributed by atoms with Gasteiger partial charge in [-0.05, 0) is 56.7 Å². The van der Waals surface area contributed by atoms with E-state index in [1.807, 2.05) is 0 Å². The summed E-state index contributed by atoms with van der Waals surface area (Å²) in [5.41, 5.74) is 4.06. The molecule has 0 radical (unpaired) electrons. The molecular weight excluding hydrogens is 250 g/mol. The van der Waals surface area contributed by atoms with Gasteiger partial charge in [0.15, 0.2) is 0 Å². The second-order valence-corrected chi connectivity index (χ2v) is 5.93. The number of nitrogens with one attached hydrogen (secondary N) is 1. The summed E-state index contributed by atoms with van der Waals surface area (Å²) in [5.74, 6) is 2.18. The number of ether oxygens (including phenoxy) is 2. The van der Waals surface area contributed by atoms with Gasteiger partial charge in [0.2, 0.25) is 0 Å². The molecule has 1 atom stereocenters.